The van der Waals surface area contributed by atoms with E-state index in [-0.39, 0.29) is 13.6 Å². The summed E-state index contributed by atoms with van der Waals surface area (Å²) in [4.78, 5) is 0. The fourth-order valence-corrected chi connectivity index (χ4v) is 3.72. The number of hydrogen-bond acceptors (Lipinski definition) is 3. The molecule has 3 nitrogen and oxygen atoms in total. The van der Waals surface area contributed by atoms with Crippen LogP contribution in [0.4, 0.5) is 0 Å². The van der Waals surface area contributed by atoms with E-state index in [1.165, 1.54) is 33.4 Å². The van der Waals surface area contributed by atoms with Gasteiger partial charge in [-0.1, -0.05) is 69.9 Å². The SMILES string of the molecule is CC(C)=CCC/C(C)=C/CC/C(C)=C/CCOCOCOCC/C=C(\C)CC/C=C(\C)CCC=C(C)C. The smallest absolute Gasteiger partial charge is 0.149 e. The Kier molecular flexibility index (Phi) is 23.5. The van der Waals surface area contributed by atoms with Gasteiger partial charge in [0, 0.05) is 0 Å². The lowest BCUT2D eigenvalue weighted by molar-refractivity contribution is -0.129. The van der Waals surface area contributed by atoms with Gasteiger partial charge in [-0.05, 0) is 120 Å². The van der Waals surface area contributed by atoms with Crippen molar-refractivity contribution >= 4 is 0 Å². The molecule has 3 heteroatoms. The third kappa shape index (κ3) is 27.2. The van der Waals surface area contributed by atoms with Crippen LogP contribution in [0, 0.1) is 0 Å². The van der Waals surface area contributed by atoms with Gasteiger partial charge >= 0.3 is 0 Å². The molecule has 0 aliphatic carbocycles. The first-order chi connectivity index (χ1) is 17.7. The van der Waals surface area contributed by atoms with Crippen LogP contribution in [0.3, 0.4) is 0 Å². The average molecular weight is 515 g/mol. The summed E-state index contributed by atoms with van der Waals surface area (Å²) in [5.74, 6) is 0. The van der Waals surface area contributed by atoms with Gasteiger partial charge in [-0.3, -0.25) is 0 Å². The lowest BCUT2D eigenvalue weighted by Crippen LogP contribution is -2.06. The molecule has 0 aromatic rings. The molecular formula is C34H58O3. The molecule has 0 radical (unpaired) electrons. The second-order valence-electron chi connectivity index (χ2n) is 10.8. The highest BCUT2D eigenvalue weighted by Gasteiger charge is 1.95. The van der Waals surface area contributed by atoms with Crippen LogP contribution < -0.4 is 0 Å². The standard InChI is InChI=1S/C34H58O3/c1-29(2)15-9-17-31(5)19-11-21-33(7)23-13-25-35-27-37-28-36-26-14-24-34(8)22-12-20-32(6)18-10-16-30(3)4/h15-16,19-20,23-24H,9-14,17-18,21-22,25-28H2,1-8H3/b31-19+,32-20+,33-23+,34-24+. The van der Waals surface area contributed by atoms with Crippen LogP contribution in [-0.2, 0) is 14.2 Å². The summed E-state index contributed by atoms with van der Waals surface area (Å²) in [6.45, 7) is 19.5. The number of allylic oxidation sites excluding steroid dienone is 10. The fraction of sp³-hybridized carbons (Fsp3) is 0.647. The zero-order valence-electron chi connectivity index (χ0n) is 25.6. The fourth-order valence-electron chi connectivity index (χ4n) is 3.72. The Bertz CT molecular complexity index is 690. The predicted octanol–water partition coefficient (Wildman–Crippen LogP) is 10.6. The quantitative estimate of drug-likeness (QED) is 0.0816. The van der Waals surface area contributed by atoms with Crippen LogP contribution in [0.15, 0.2) is 69.9 Å². The van der Waals surface area contributed by atoms with E-state index in [4.69, 9.17) is 14.2 Å². The van der Waals surface area contributed by atoms with Gasteiger partial charge in [0.15, 0.2) is 0 Å². The van der Waals surface area contributed by atoms with Crippen molar-refractivity contribution in [3.63, 3.8) is 0 Å². The van der Waals surface area contributed by atoms with Crippen molar-refractivity contribution in [3.05, 3.63) is 69.9 Å². The molecule has 37 heavy (non-hydrogen) atoms. The highest BCUT2D eigenvalue weighted by Crippen LogP contribution is 2.13. The largest absolute Gasteiger partial charge is 0.355 e. The number of ether oxygens (including phenoxy) is 3. The van der Waals surface area contributed by atoms with Gasteiger partial charge in [-0.15, -0.1) is 0 Å². The minimum Gasteiger partial charge on any atom is -0.355 e. The van der Waals surface area contributed by atoms with E-state index < -0.39 is 0 Å². The van der Waals surface area contributed by atoms with Crippen LogP contribution >= 0.6 is 0 Å². The second kappa shape index (κ2) is 24.6. The first-order valence-electron chi connectivity index (χ1n) is 14.3. The van der Waals surface area contributed by atoms with E-state index in [1.54, 1.807) is 0 Å². The summed E-state index contributed by atoms with van der Waals surface area (Å²) in [5.41, 5.74) is 8.64. The second-order valence-corrected chi connectivity index (χ2v) is 10.8. The van der Waals surface area contributed by atoms with Crippen molar-refractivity contribution in [2.45, 2.75) is 120 Å². The Morgan fingerprint density at radius 1 is 0.378 bits per heavy atom. The zero-order chi connectivity index (χ0) is 27.7. The zero-order valence-corrected chi connectivity index (χ0v) is 25.6. The average Bonchev–Trinajstić information content (AvgIpc) is 2.82. The molecule has 0 aromatic heterocycles. The molecule has 0 saturated carbocycles. The van der Waals surface area contributed by atoms with Crippen LogP contribution in [-0.4, -0.2) is 26.8 Å². The van der Waals surface area contributed by atoms with E-state index in [0.717, 1.165) is 64.2 Å². The third-order valence-corrected chi connectivity index (χ3v) is 6.09. The third-order valence-electron chi connectivity index (χ3n) is 6.09. The molecule has 212 valence electrons. The van der Waals surface area contributed by atoms with Gasteiger partial charge in [0.1, 0.15) is 13.6 Å². The van der Waals surface area contributed by atoms with Crippen LogP contribution in [0.5, 0.6) is 0 Å². The summed E-state index contributed by atoms with van der Waals surface area (Å²) in [7, 11) is 0. The molecule has 0 rings (SSSR count). The van der Waals surface area contributed by atoms with Gasteiger partial charge in [-0.25, -0.2) is 0 Å². The number of rotatable bonds is 22. The van der Waals surface area contributed by atoms with Crippen molar-refractivity contribution in [3.8, 4) is 0 Å². The van der Waals surface area contributed by atoms with Crippen molar-refractivity contribution in [2.75, 3.05) is 26.8 Å². The van der Waals surface area contributed by atoms with E-state index in [0.29, 0.717) is 13.2 Å². The van der Waals surface area contributed by atoms with Gasteiger partial charge < -0.3 is 14.2 Å². The molecular weight excluding hydrogens is 456 g/mol. The maximum atomic E-state index is 5.55. The van der Waals surface area contributed by atoms with Crippen molar-refractivity contribution < 1.29 is 14.2 Å². The molecule has 0 saturated heterocycles. The molecule has 0 fully saturated rings. The first-order valence-corrected chi connectivity index (χ1v) is 14.3. The Hall–Kier alpha value is -1.68. The highest BCUT2D eigenvalue weighted by atomic mass is 16.7. The Balaban J connectivity index is 3.69. The minimum atomic E-state index is 0.286. The normalized spacial score (nSPS) is 13.2. The topological polar surface area (TPSA) is 27.7 Å². The Morgan fingerprint density at radius 3 is 1.00 bits per heavy atom. The Labute approximate surface area is 230 Å². The number of hydrogen-bond donors (Lipinski definition) is 0. The van der Waals surface area contributed by atoms with Crippen LogP contribution in [0.25, 0.3) is 0 Å². The summed E-state index contributed by atoms with van der Waals surface area (Å²) in [5, 5.41) is 0. The summed E-state index contributed by atoms with van der Waals surface area (Å²) < 4.78 is 16.5. The van der Waals surface area contributed by atoms with Gasteiger partial charge in [0.25, 0.3) is 0 Å². The van der Waals surface area contributed by atoms with E-state index >= 15 is 0 Å². The molecule has 0 heterocycles. The molecule has 0 N–H and O–H groups in total. The first kappa shape index (κ1) is 35.3. The molecule has 0 amide bonds. The summed E-state index contributed by atoms with van der Waals surface area (Å²) >= 11 is 0. The van der Waals surface area contributed by atoms with Gasteiger partial charge in [0.05, 0.1) is 13.2 Å². The molecule has 0 aliphatic rings. The van der Waals surface area contributed by atoms with E-state index in [2.05, 4.69) is 91.8 Å². The van der Waals surface area contributed by atoms with Gasteiger partial charge in [-0.2, -0.15) is 0 Å². The molecule has 0 spiro atoms. The van der Waals surface area contributed by atoms with Crippen molar-refractivity contribution in [2.24, 2.45) is 0 Å². The summed E-state index contributed by atoms with van der Waals surface area (Å²) in [6, 6.07) is 0. The molecule has 0 aliphatic heterocycles. The van der Waals surface area contributed by atoms with Crippen molar-refractivity contribution in [1.29, 1.82) is 0 Å². The molecule has 0 aromatic carbocycles. The van der Waals surface area contributed by atoms with Gasteiger partial charge in [0.2, 0.25) is 0 Å². The monoisotopic (exact) mass is 514 g/mol. The summed E-state index contributed by atoms with van der Waals surface area (Å²) in [6.07, 6.45) is 24.9. The lowest BCUT2D eigenvalue weighted by Gasteiger charge is -2.06. The molecule has 0 bridgehead atoms. The highest BCUT2D eigenvalue weighted by molar-refractivity contribution is 5.06. The molecule has 0 atom stereocenters. The minimum absolute atomic E-state index is 0.286. The maximum absolute atomic E-state index is 5.55. The van der Waals surface area contributed by atoms with Crippen molar-refractivity contribution in [1.82, 2.24) is 0 Å². The van der Waals surface area contributed by atoms with E-state index in [9.17, 15) is 0 Å². The predicted molar refractivity (Wildman–Crippen MR) is 163 cm³/mol. The van der Waals surface area contributed by atoms with Crippen LogP contribution in [0.2, 0.25) is 0 Å². The lowest BCUT2D eigenvalue weighted by atomic mass is 10.1. The van der Waals surface area contributed by atoms with E-state index in [1.807, 2.05) is 0 Å². The maximum Gasteiger partial charge on any atom is 0.149 e. The van der Waals surface area contributed by atoms with Crippen LogP contribution in [0.1, 0.15) is 120 Å². The molecule has 0 unspecified atom stereocenters. The Morgan fingerprint density at radius 2 is 0.676 bits per heavy atom.